The summed E-state index contributed by atoms with van der Waals surface area (Å²) in [6.07, 6.45) is 1.71. The SMILES string of the molecule is COc1nc(SCCN(C)C)ncc1Br. The number of hydrogen-bond donors (Lipinski definition) is 0. The fourth-order valence-electron chi connectivity index (χ4n) is 0.868. The lowest BCUT2D eigenvalue weighted by Gasteiger charge is -2.08. The van der Waals surface area contributed by atoms with Gasteiger partial charge < -0.3 is 9.64 Å². The van der Waals surface area contributed by atoms with Crippen molar-refractivity contribution in [2.45, 2.75) is 5.16 Å². The highest BCUT2D eigenvalue weighted by Gasteiger charge is 2.05. The van der Waals surface area contributed by atoms with Gasteiger partial charge in [0.1, 0.15) is 0 Å². The van der Waals surface area contributed by atoms with Gasteiger partial charge in [0.2, 0.25) is 5.88 Å². The van der Waals surface area contributed by atoms with Gasteiger partial charge in [-0.15, -0.1) is 0 Å². The summed E-state index contributed by atoms with van der Waals surface area (Å²) in [5.41, 5.74) is 0. The lowest BCUT2D eigenvalue weighted by molar-refractivity contribution is 0.389. The Kier molecular flexibility index (Phi) is 5.35. The summed E-state index contributed by atoms with van der Waals surface area (Å²) in [6.45, 7) is 1.01. The van der Waals surface area contributed by atoms with Crippen molar-refractivity contribution in [2.75, 3.05) is 33.5 Å². The van der Waals surface area contributed by atoms with Crippen LogP contribution in [0.3, 0.4) is 0 Å². The van der Waals surface area contributed by atoms with Crippen molar-refractivity contribution in [3.05, 3.63) is 10.7 Å². The molecule has 0 aliphatic carbocycles. The zero-order valence-electron chi connectivity index (χ0n) is 9.03. The molecule has 0 unspecified atom stereocenters. The number of nitrogens with zero attached hydrogens (tertiary/aromatic N) is 3. The minimum absolute atomic E-state index is 0.581. The summed E-state index contributed by atoms with van der Waals surface area (Å²) in [5, 5.41) is 0.747. The second kappa shape index (κ2) is 6.30. The molecule has 0 bridgehead atoms. The molecular weight excluding hydrogens is 278 g/mol. The van der Waals surface area contributed by atoms with Crippen LogP contribution in [0, 0.1) is 0 Å². The number of thioether (sulfide) groups is 1. The van der Waals surface area contributed by atoms with Crippen molar-refractivity contribution in [1.82, 2.24) is 14.9 Å². The quantitative estimate of drug-likeness (QED) is 0.612. The van der Waals surface area contributed by atoms with Crippen LogP contribution in [0.2, 0.25) is 0 Å². The molecule has 0 fully saturated rings. The van der Waals surface area contributed by atoms with E-state index < -0.39 is 0 Å². The summed E-state index contributed by atoms with van der Waals surface area (Å²) in [5.74, 6) is 1.55. The van der Waals surface area contributed by atoms with Crippen molar-refractivity contribution in [3.8, 4) is 5.88 Å². The van der Waals surface area contributed by atoms with Crippen LogP contribution in [-0.2, 0) is 0 Å². The Morgan fingerprint density at radius 1 is 1.53 bits per heavy atom. The Hall–Kier alpha value is -0.330. The average molecular weight is 292 g/mol. The Morgan fingerprint density at radius 2 is 2.27 bits per heavy atom. The molecule has 1 aromatic heterocycles. The van der Waals surface area contributed by atoms with Gasteiger partial charge in [0, 0.05) is 18.5 Å². The van der Waals surface area contributed by atoms with E-state index in [1.165, 1.54) is 0 Å². The van der Waals surface area contributed by atoms with Crippen LogP contribution >= 0.6 is 27.7 Å². The maximum absolute atomic E-state index is 5.09. The van der Waals surface area contributed by atoms with Gasteiger partial charge in [-0.2, -0.15) is 4.98 Å². The van der Waals surface area contributed by atoms with Gasteiger partial charge in [0.15, 0.2) is 5.16 Å². The van der Waals surface area contributed by atoms with Crippen LogP contribution in [0.4, 0.5) is 0 Å². The standard InChI is InChI=1S/C9H14BrN3OS/c1-13(2)4-5-15-9-11-6-7(10)8(12-9)14-3/h6H,4-5H2,1-3H3. The summed E-state index contributed by atoms with van der Waals surface area (Å²) >= 11 is 4.94. The fraction of sp³-hybridized carbons (Fsp3) is 0.556. The number of halogens is 1. The number of methoxy groups -OCH3 is 1. The highest BCUT2D eigenvalue weighted by Crippen LogP contribution is 2.23. The number of aromatic nitrogens is 2. The molecule has 1 heterocycles. The molecule has 6 heteroatoms. The third-order valence-corrected chi connectivity index (χ3v) is 3.04. The van der Waals surface area contributed by atoms with Gasteiger partial charge >= 0.3 is 0 Å². The van der Waals surface area contributed by atoms with Crippen LogP contribution < -0.4 is 4.74 Å². The molecule has 0 aliphatic heterocycles. The van der Waals surface area contributed by atoms with E-state index in [9.17, 15) is 0 Å². The zero-order valence-corrected chi connectivity index (χ0v) is 11.4. The van der Waals surface area contributed by atoms with Gasteiger partial charge in [-0.3, -0.25) is 0 Å². The number of hydrogen-bond acceptors (Lipinski definition) is 5. The van der Waals surface area contributed by atoms with Crippen molar-refractivity contribution in [1.29, 1.82) is 0 Å². The van der Waals surface area contributed by atoms with E-state index in [0.717, 1.165) is 21.9 Å². The van der Waals surface area contributed by atoms with E-state index in [0.29, 0.717) is 5.88 Å². The molecule has 0 N–H and O–H groups in total. The molecule has 0 aliphatic rings. The van der Waals surface area contributed by atoms with E-state index in [-0.39, 0.29) is 0 Å². The van der Waals surface area contributed by atoms with E-state index in [4.69, 9.17) is 4.74 Å². The van der Waals surface area contributed by atoms with Crippen molar-refractivity contribution >= 4 is 27.7 Å². The summed E-state index contributed by atoms with van der Waals surface area (Å²) in [6, 6.07) is 0. The molecule has 0 spiro atoms. The zero-order chi connectivity index (χ0) is 11.3. The monoisotopic (exact) mass is 291 g/mol. The van der Waals surface area contributed by atoms with Crippen LogP contribution in [0.1, 0.15) is 0 Å². The van der Waals surface area contributed by atoms with Gasteiger partial charge in [-0.25, -0.2) is 4.98 Å². The highest BCUT2D eigenvalue weighted by atomic mass is 79.9. The topological polar surface area (TPSA) is 38.2 Å². The Morgan fingerprint density at radius 3 is 2.87 bits per heavy atom. The molecule has 0 saturated carbocycles. The summed E-state index contributed by atoms with van der Waals surface area (Å²) < 4.78 is 5.87. The second-order valence-corrected chi connectivity index (χ2v) is 5.08. The molecule has 15 heavy (non-hydrogen) atoms. The molecule has 0 amide bonds. The largest absolute Gasteiger partial charge is 0.480 e. The van der Waals surface area contributed by atoms with Crippen LogP contribution in [0.15, 0.2) is 15.8 Å². The first kappa shape index (κ1) is 12.7. The fourth-order valence-corrected chi connectivity index (χ4v) is 2.14. The predicted octanol–water partition coefficient (Wildman–Crippen LogP) is 1.90. The van der Waals surface area contributed by atoms with Crippen LogP contribution in [0.5, 0.6) is 5.88 Å². The van der Waals surface area contributed by atoms with Gasteiger partial charge in [0.25, 0.3) is 0 Å². The molecule has 1 aromatic rings. The minimum atomic E-state index is 0.581. The highest BCUT2D eigenvalue weighted by molar-refractivity contribution is 9.10. The summed E-state index contributed by atoms with van der Waals surface area (Å²) in [4.78, 5) is 10.6. The molecule has 84 valence electrons. The van der Waals surface area contributed by atoms with E-state index in [1.807, 2.05) is 14.1 Å². The maximum atomic E-state index is 5.09. The van der Waals surface area contributed by atoms with Crippen LogP contribution in [-0.4, -0.2) is 48.4 Å². The van der Waals surface area contributed by atoms with E-state index in [2.05, 4.69) is 30.8 Å². The van der Waals surface area contributed by atoms with Gasteiger partial charge in [-0.05, 0) is 30.0 Å². The first-order chi connectivity index (χ1) is 7.13. The van der Waals surface area contributed by atoms with E-state index >= 15 is 0 Å². The van der Waals surface area contributed by atoms with Crippen molar-refractivity contribution in [2.24, 2.45) is 0 Å². The molecule has 0 aromatic carbocycles. The second-order valence-electron chi connectivity index (χ2n) is 3.16. The number of rotatable bonds is 5. The van der Waals surface area contributed by atoms with Crippen molar-refractivity contribution in [3.63, 3.8) is 0 Å². The van der Waals surface area contributed by atoms with Crippen molar-refractivity contribution < 1.29 is 4.74 Å². The first-order valence-electron chi connectivity index (χ1n) is 4.47. The third-order valence-electron chi connectivity index (χ3n) is 1.65. The molecule has 1 rings (SSSR count). The molecule has 4 nitrogen and oxygen atoms in total. The molecule has 0 saturated heterocycles. The summed E-state index contributed by atoms with van der Waals surface area (Å²) in [7, 11) is 5.69. The van der Waals surface area contributed by atoms with E-state index in [1.54, 1.807) is 25.1 Å². The lowest BCUT2D eigenvalue weighted by Crippen LogP contribution is -2.14. The lowest BCUT2D eigenvalue weighted by atomic mass is 10.6. The smallest absolute Gasteiger partial charge is 0.231 e. The maximum Gasteiger partial charge on any atom is 0.231 e. The normalized spacial score (nSPS) is 10.7. The Balaban J connectivity index is 2.54. The van der Waals surface area contributed by atoms with Gasteiger partial charge in [0.05, 0.1) is 11.6 Å². The first-order valence-corrected chi connectivity index (χ1v) is 6.25. The van der Waals surface area contributed by atoms with Gasteiger partial charge in [-0.1, -0.05) is 11.8 Å². The molecular formula is C9H14BrN3OS. The molecule has 0 radical (unpaired) electrons. The Bertz CT molecular complexity index is 322. The number of ether oxygens (including phenoxy) is 1. The molecule has 0 atom stereocenters. The third kappa shape index (κ3) is 4.36. The average Bonchev–Trinajstić information content (AvgIpc) is 2.20. The Labute approximate surface area is 103 Å². The van der Waals surface area contributed by atoms with Crippen LogP contribution in [0.25, 0.3) is 0 Å². The minimum Gasteiger partial charge on any atom is -0.480 e. The predicted molar refractivity (Wildman–Crippen MR) is 65.6 cm³/mol.